The molecule has 2 fully saturated rings. The molecule has 2 nitrogen and oxygen atoms in total. The van der Waals surface area contributed by atoms with E-state index in [9.17, 15) is 0 Å². The lowest BCUT2D eigenvalue weighted by molar-refractivity contribution is 0.389. The predicted octanol–water partition coefficient (Wildman–Crippen LogP) is 10.2. The summed E-state index contributed by atoms with van der Waals surface area (Å²) in [5.41, 5.74) is 0. The van der Waals surface area contributed by atoms with E-state index in [-0.39, 0.29) is 0 Å². The third-order valence-corrected chi connectivity index (χ3v) is 8.93. The Bertz CT molecular complexity index is 353. The van der Waals surface area contributed by atoms with E-state index in [2.05, 4.69) is 10.6 Å². The molecule has 0 spiro atoms. The fourth-order valence-corrected chi connectivity index (χ4v) is 6.50. The van der Waals surface area contributed by atoms with Gasteiger partial charge in [0.2, 0.25) is 0 Å². The van der Waals surface area contributed by atoms with Crippen LogP contribution in [-0.2, 0) is 0 Å². The van der Waals surface area contributed by atoms with Crippen molar-refractivity contribution in [3.63, 3.8) is 0 Å². The first-order chi connectivity index (χ1) is 17.4. The molecule has 0 aliphatic heterocycles. The van der Waals surface area contributed by atoms with Crippen molar-refractivity contribution in [3.8, 4) is 0 Å². The van der Waals surface area contributed by atoms with Gasteiger partial charge in [-0.3, -0.25) is 0 Å². The molecule has 0 amide bonds. The summed E-state index contributed by atoms with van der Waals surface area (Å²) in [6, 6.07) is 1.55. The molecule has 2 heteroatoms. The Morgan fingerprint density at radius 2 is 0.486 bits per heavy atom. The van der Waals surface area contributed by atoms with Crippen molar-refractivity contribution in [2.24, 2.45) is 0 Å². The van der Waals surface area contributed by atoms with E-state index >= 15 is 0 Å². The lowest BCUT2D eigenvalue weighted by atomic mass is 10.00. The van der Waals surface area contributed by atoms with E-state index in [4.69, 9.17) is 0 Å². The van der Waals surface area contributed by atoms with Crippen molar-refractivity contribution in [3.05, 3.63) is 0 Å². The van der Waals surface area contributed by atoms with Crippen molar-refractivity contribution in [1.82, 2.24) is 10.6 Å². The van der Waals surface area contributed by atoms with E-state index in [0.29, 0.717) is 0 Å². The Morgan fingerprint density at radius 1 is 0.286 bits per heavy atom. The summed E-state index contributed by atoms with van der Waals surface area (Å²) in [5.74, 6) is 0. The zero-order valence-corrected chi connectivity index (χ0v) is 24.1. The second-order valence-corrected chi connectivity index (χ2v) is 12.3. The number of nitrogens with one attached hydrogen (secondary N) is 2. The highest BCUT2D eigenvalue weighted by molar-refractivity contribution is 4.71. The van der Waals surface area contributed by atoms with Crippen molar-refractivity contribution in [2.45, 2.75) is 198 Å². The van der Waals surface area contributed by atoms with Crippen LogP contribution in [0.2, 0.25) is 0 Å². The van der Waals surface area contributed by atoms with Crippen molar-refractivity contribution >= 4 is 0 Å². The number of hydrogen-bond acceptors (Lipinski definition) is 2. The standard InChI is InChI=1S/C33H66N2/c1-2-6-10-14-18-22-27-32(26-21-17-13-9-5-1)34-30-25-31-35-33-28-23-19-15-11-7-3-4-8-12-16-20-24-29-33/h32-35H,1-31H2. The molecule has 0 atom stereocenters. The maximum Gasteiger partial charge on any atom is 0.00670 e. The summed E-state index contributed by atoms with van der Waals surface area (Å²) in [4.78, 5) is 0. The Kier molecular flexibility index (Phi) is 21.6. The minimum atomic E-state index is 0.776. The van der Waals surface area contributed by atoms with Gasteiger partial charge in [-0.2, -0.15) is 0 Å². The molecule has 2 N–H and O–H groups in total. The van der Waals surface area contributed by atoms with Crippen LogP contribution < -0.4 is 10.6 Å². The lowest BCUT2D eigenvalue weighted by Crippen LogP contribution is -2.34. The SMILES string of the molecule is C1CCCCCCCC(NCCCNC2CCCCCCCCCCCCCC2)CCCCCC1. The van der Waals surface area contributed by atoms with Crippen LogP contribution in [-0.4, -0.2) is 25.2 Å². The molecule has 0 unspecified atom stereocenters. The van der Waals surface area contributed by atoms with E-state index in [1.54, 1.807) is 0 Å². The van der Waals surface area contributed by atoms with Gasteiger partial charge in [0.25, 0.3) is 0 Å². The normalized spacial score (nSPS) is 24.0. The van der Waals surface area contributed by atoms with Crippen LogP contribution in [0.3, 0.4) is 0 Å². The Morgan fingerprint density at radius 3 is 0.714 bits per heavy atom. The van der Waals surface area contributed by atoms with Crippen LogP contribution in [0.15, 0.2) is 0 Å². The summed E-state index contributed by atoms with van der Waals surface area (Å²) in [6.45, 7) is 2.43. The van der Waals surface area contributed by atoms with Gasteiger partial charge in [-0.25, -0.2) is 0 Å². The van der Waals surface area contributed by atoms with Crippen LogP contribution in [0.1, 0.15) is 186 Å². The largest absolute Gasteiger partial charge is 0.314 e. The average Bonchev–Trinajstić information content (AvgIpc) is 2.88. The molecular weight excluding hydrogens is 424 g/mol. The summed E-state index contributed by atoms with van der Waals surface area (Å²) >= 11 is 0. The van der Waals surface area contributed by atoms with E-state index in [0.717, 1.165) is 12.1 Å². The first-order valence-corrected chi connectivity index (χ1v) is 16.9. The molecule has 0 heterocycles. The summed E-state index contributed by atoms with van der Waals surface area (Å²) in [5, 5.41) is 7.97. The maximum atomic E-state index is 3.99. The Labute approximate surface area is 222 Å². The maximum absolute atomic E-state index is 3.99. The Balaban J connectivity index is 1.60. The summed E-state index contributed by atoms with van der Waals surface area (Å²) in [6.07, 6.45) is 42.2. The monoisotopic (exact) mass is 491 g/mol. The summed E-state index contributed by atoms with van der Waals surface area (Å²) < 4.78 is 0. The van der Waals surface area contributed by atoms with Crippen LogP contribution in [0.25, 0.3) is 0 Å². The van der Waals surface area contributed by atoms with Crippen molar-refractivity contribution < 1.29 is 0 Å². The van der Waals surface area contributed by atoms with Gasteiger partial charge in [0.15, 0.2) is 0 Å². The third kappa shape index (κ3) is 19.7. The molecule has 0 aromatic carbocycles. The Hall–Kier alpha value is -0.0800. The molecular formula is C33H66N2. The highest BCUT2D eigenvalue weighted by Crippen LogP contribution is 2.18. The van der Waals surface area contributed by atoms with Gasteiger partial charge in [0.05, 0.1) is 0 Å². The van der Waals surface area contributed by atoms with Crippen LogP contribution >= 0.6 is 0 Å². The molecule has 0 radical (unpaired) electrons. The average molecular weight is 491 g/mol. The van der Waals surface area contributed by atoms with Gasteiger partial charge in [-0.05, 0) is 45.2 Å². The molecule has 208 valence electrons. The van der Waals surface area contributed by atoms with Crippen LogP contribution in [0.4, 0.5) is 0 Å². The highest BCUT2D eigenvalue weighted by Gasteiger charge is 2.10. The van der Waals surface area contributed by atoms with E-state index in [1.165, 1.54) is 199 Å². The zero-order valence-electron chi connectivity index (χ0n) is 24.1. The van der Waals surface area contributed by atoms with Crippen LogP contribution in [0, 0.1) is 0 Å². The van der Waals surface area contributed by atoms with Gasteiger partial charge >= 0.3 is 0 Å². The second-order valence-electron chi connectivity index (χ2n) is 12.3. The fourth-order valence-electron chi connectivity index (χ4n) is 6.50. The molecule has 2 aliphatic rings. The van der Waals surface area contributed by atoms with Gasteiger partial charge in [-0.15, -0.1) is 0 Å². The molecule has 0 aromatic heterocycles. The smallest absolute Gasteiger partial charge is 0.00670 e. The first kappa shape index (κ1) is 31.1. The zero-order chi connectivity index (χ0) is 24.5. The number of rotatable bonds is 6. The molecule has 35 heavy (non-hydrogen) atoms. The fraction of sp³-hybridized carbons (Fsp3) is 1.00. The molecule has 2 saturated carbocycles. The lowest BCUT2D eigenvalue weighted by Gasteiger charge is -2.21. The van der Waals surface area contributed by atoms with Gasteiger partial charge in [0, 0.05) is 12.1 Å². The topological polar surface area (TPSA) is 24.1 Å². The first-order valence-electron chi connectivity index (χ1n) is 16.9. The molecule has 0 bridgehead atoms. The van der Waals surface area contributed by atoms with Crippen LogP contribution in [0.5, 0.6) is 0 Å². The summed E-state index contributed by atoms with van der Waals surface area (Å²) in [7, 11) is 0. The predicted molar refractivity (Wildman–Crippen MR) is 157 cm³/mol. The highest BCUT2D eigenvalue weighted by atomic mass is 14.9. The molecule has 2 aliphatic carbocycles. The van der Waals surface area contributed by atoms with Gasteiger partial charge < -0.3 is 10.6 Å². The van der Waals surface area contributed by atoms with Gasteiger partial charge in [-0.1, -0.05) is 154 Å². The second kappa shape index (κ2) is 24.3. The van der Waals surface area contributed by atoms with Gasteiger partial charge in [0.1, 0.15) is 0 Å². The van der Waals surface area contributed by atoms with E-state index in [1.807, 2.05) is 0 Å². The molecule has 2 rings (SSSR count). The number of hydrogen-bond donors (Lipinski definition) is 2. The third-order valence-electron chi connectivity index (χ3n) is 8.93. The molecule has 0 aromatic rings. The minimum Gasteiger partial charge on any atom is -0.314 e. The quantitative estimate of drug-likeness (QED) is 0.362. The molecule has 0 saturated heterocycles. The minimum absolute atomic E-state index is 0.776. The van der Waals surface area contributed by atoms with E-state index < -0.39 is 0 Å². The van der Waals surface area contributed by atoms with Crippen molar-refractivity contribution in [1.29, 1.82) is 0 Å². The van der Waals surface area contributed by atoms with Crippen molar-refractivity contribution in [2.75, 3.05) is 13.1 Å².